The third-order valence-corrected chi connectivity index (χ3v) is 13.3. The van der Waals surface area contributed by atoms with Gasteiger partial charge in [-0.15, -0.1) is 0 Å². The van der Waals surface area contributed by atoms with Crippen molar-refractivity contribution in [2.75, 3.05) is 0 Å². The fraction of sp³-hybridized carbons (Fsp3) is 0.258. The van der Waals surface area contributed by atoms with E-state index in [2.05, 4.69) is 241 Å². The first-order chi connectivity index (χ1) is 29.3. The van der Waals surface area contributed by atoms with Crippen LogP contribution in [0.25, 0.3) is 87.6 Å². The van der Waals surface area contributed by atoms with Crippen molar-refractivity contribution in [1.82, 2.24) is 0 Å². The van der Waals surface area contributed by atoms with Crippen LogP contribution in [0.3, 0.4) is 0 Å². The van der Waals surface area contributed by atoms with Crippen molar-refractivity contribution >= 4 is 43.1 Å². The molecule has 0 radical (unpaired) electrons. The Morgan fingerprint density at radius 2 is 0.468 bits per heavy atom. The monoisotopic (exact) mass is 806 g/mol. The van der Waals surface area contributed by atoms with E-state index in [9.17, 15) is 0 Å². The Hall–Kier alpha value is -5.98. The number of fused-ring (bicyclic) bond motifs is 6. The molecule has 0 heteroatoms. The van der Waals surface area contributed by atoms with Crippen LogP contribution in [0.4, 0.5) is 0 Å². The summed E-state index contributed by atoms with van der Waals surface area (Å²) in [6.45, 7) is 27.8. The van der Waals surface area contributed by atoms with Gasteiger partial charge in [0, 0.05) is 0 Å². The van der Waals surface area contributed by atoms with Crippen molar-refractivity contribution in [3.05, 3.63) is 180 Å². The van der Waals surface area contributed by atoms with Crippen molar-refractivity contribution < 1.29 is 0 Å². The molecule has 0 aliphatic rings. The molecule has 62 heavy (non-hydrogen) atoms. The fourth-order valence-electron chi connectivity index (χ4n) is 9.59. The average molecular weight is 807 g/mol. The van der Waals surface area contributed by atoms with Gasteiger partial charge in [0.05, 0.1) is 0 Å². The molecule has 310 valence electrons. The maximum atomic E-state index is 2.55. The number of benzene rings is 9. The Bertz CT molecular complexity index is 2910. The molecule has 0 saturated carbocycles. The Labute approximate surface area is 370 Å². The summed E-state index contributed by atoms with van der Waals surface area (Å²) >= 11 is 0. The Kier molecular flexibility index (Phi) is 9.90. The highest BCUT2D eigenvalue weighted by molar-refractivity contribution is 6.29. The summed E-state index contributed by atoms with van der Waals surface area (Å²) in [6.07, 6.45) is 0. The Morgan fingerprint density at radius 1 is 0.210 bits per heavy atom. The lowest BCUT2D eigenvalue weighted by Gasteiger charge is -2.26. The predicted octanol–water partition coefficient (Wildman–Crippen LogP) is 18.2. The Balaban J connectivity index is 1.52. The van der Waals surface area contributed by atoms with E-state index in [0.717, 1.165) is 0 Å². The summed E-state index contributed by atoms with van der Waals surface area (Å²) in [5.74, 6) is 0. The Morgan fingerprint density at radius 3 is 0.758 bits per heavy atom. The molecule has 0 aromatic heterocycles. The van der Waals surface area contributed by atoms with Crippen LogP contribution in [0.5, 0.6) is 0 Å². The van der Waals surface area contributed by atoms with Crippen molar-refractivity contribution in [1.29, 1.82) is 0 Å². The van der Waals surface area contributed by atoms with Crippen molar-refractivity contribution in [3.63, 3.8) is 0 Å². The summed E-state index contributed by atoms with van der Waals surface area (Å²) < 4.78 is 0. The standard InChI is InChI=1S/C62H62/c1-59(2,3)43-27-23-41(24-28-43)57-51-35-45(61(7,8)9)31-33-47(51)49-38-54-50(37-53(49)55(57)39-19-15-13-16-20-39)48-34-32-46(62(10,11)12)36-52(48)58(56(54)40-21-17-14-18-22-40)42-25-29-44(30-26-42)60(4,5)6/h13-38H,1-12H3. The van der Waals surface area contributed by atoms with Crippen LogP contribution in [0, 0.1) is 0 Å². The van der Waals surface area contributed by atoms with Gasteiger partial charge in [-0.25, -0.2) is 0 Å². The summed E-state index contributed by atoms with van der Waals surface area (Å²) in [5.41, 5.74) is 15.5. The second-order valence-electron chi connectivity index (χ2n) is 21.9. The molecule has 9 aromatic rings. The molecular weight excluding hydrogens is 745 g/mol. The van der Waals surface area contributed by atoms with E-state index in [1.165, 1.54) is 110 Å². The van der Waals surface area contributed by atoms with E-state index in [-0.39, 0.29) is 21.7 Å². The molecule has 9 aromatic carbocycles. The maximum Gasteiger partial charge on any atom is -0.00201 e. The van der Waals surface area contributed by atoms with E-state index in [0.29, 0.717) is 0 Å². The SMILES string of the molecule is CC(C)(C)c1ccc(-c2c(-c3ccccc3)c3cc4c(cc3c3ccc(C(C)(C)C)cc23)c(-c2ccccc2)c(-c2ccc(C(C)(C)C)cc2)c2cc(C(C)(C)C)ccc24)cc1. The van der Waals surface area contributed by atoms with E-state index < -0.39 is 0 Å². The van der Waals surface area contributed by atoms with Crippen molar-refractivity contribution in [2.45, 2.75) is 105 Å². The van der Waals surface area contributed by atoms with Crippen LogP contribution in [0.1, 0.15) is 105 Å². The summed E-state index contributed by atoms with van der Waals surface area (Å²) in [4.78, 5) is 0. The minimum absolute atomic E-state index is 0.0183. The first-order valence-corrected chi connectivity index (χ1v) is 22.6. The zero-order chi connectivity index (χ0) is 43.9. The fourth-order valence-corrected chi connectivity index (χ4v) is 9.59. The minimum Gasteiger partial charge on any atom is -0.0622 e. The molecule has 0 N–H and O–H groups in total. The first kappa shape index (κ1) is 41.4. The molecule has 0 heterocycles. The van der Waals surface area contributed by atoms with Crippen LogP contribution < -0.4 is 0 Å². The topological polar surface area (TPSA) is 0 Å². The maximum absolute atomic E-state index is 2.55. The van der Waals surface area contributed by atoms with E-state index >= 15 is 0 Å². The highest BCUT2D eigenvalue weighted by Gasteiger charge is 2.26. The molecule has 0 saturated heterocycles. The first-order valence-electron chi connectivity index (χ1n) is 22.6. The molecule has 0 bridgehead atoms. The molecule has 0 spiro atoms. The van der Waals surface area contributed by atoms with Crippen LogP contribution >= 0.6 is 0 Å². The molecular formula is C62H62. The third kappa shape index (κ3) is 7.32. The molecule has 0 fully saturated rings. The average Bonchev–Trinajstić information content (AvgIpc) is 3.24. The summed E-state index contributed by atoms with van der Waals surface area (Å²) in [7, 11) is 0. The zero-order valence-electron chi connectivity index (χ0n) is 39.0. The lowest BCUT2D eigenvalue weighted by atomic mass is 9.78. The molecule has 0 unspecified atom stereocenters. The van der Waals surface area contributed by atoms with Crippen LogP contribution in [-0.2, 0) is 21.7 Å². The van der Waals surface area contributed by atoms with E-state index in [1.807, 2.05) is 0 Å². The van der Waals surface area contributed by atoms with Crippen molar-refractivity contribution in [3.8, 4) is 44.5 Å². The van der Waals surface area contributed by atoms with E-state index in [4.69, 9.17) is 0 Å². The quantitative estimate of drug-likeness (QED) is 0.123. The lowest BCUT2D eigenvalue weighted by Crippen LogP contribution is -2.11. The lowest BCUT2D eigenvalue weighted by molar-refractivity contribution is 0.590. The second-order valence-corrected chi connectivity index (χ2v) is 21.9. The molecule has 0 atom stereocenters. The van der Waals surface area contributed by atoms with Crippen molar-refractivity contribution in [2.24, 2.45) is 0 Å². The van der Waals surface area contributed by atoms with Gasteiger partial charge in [0.1, 0.15) is 0 Å². The van der Waals surface area contributed by atoms with Gasteiger partial charge >= 0.3 is 0 Å². The zero-order valence-corrected chi connectivity index (χ0v) is 39.0. The predicted molar refractivity (Wildman–Crippen MR) is 273 cm³/mol. The van der Waals surface area contributed by atoms with Crippen LogP contribution in [0.2, 0.25) is 0 Å². The van der Waals surface area contributed by atoms with Crippen LogP contribution in [-0.4, -0.2) is 0 Å². The molecule has 0 aliphatic carbocycles. The molecule has 0 aliphatic heterocycles. The molecule has 9 rings (SSSR count). The number of hydrogen-bond acceptors (Lipinski definition) is 0. The van der Waals surface area contributed by atoms with Gasteiger partial charge in [0.25, 0.3) is 0 Å². The molecule has 0 nitrogen and oxygen atoms in total. The largest absolute Gasteiger partial charge is 0.0622 e. The van der Waals surface area contributed by atoms with Gasteiger partial charge in [-0.05, 0) is 156 Å². The highest BCUT2D eigenvalue weighted by atomic mass is 14.3. The van der Waals surface area contributed by atoms with Gasteiger partial charge in [0.2, 0.25) is 0 Å². The second kappa shape index (κ2) is 14.8. The summed E-state index contributed by atoms with van der Waals surface area (Å²) in [5, 5.41) is 10.3. The smallest absolute Gasteiger partial charge is 0.00201 e. The van der Waals surface area contributed by atoms with Gasteiger partial charge in [-0.3, -0.25) is 0 Å². The summed E-state index contributed by atoms with van der Waals surface area (Å²) in [6, 6.07) is 60.8. The minimum atomic E-state index is -0.0183. The number of rotatable bonds is 4. The van der Waals surface area contributed by atoms with Crippen LogP contribution in [0.15, 0.2) is 158 Å². The van der Waals surface area contributed by atoms with Gasteiger partial charge in [-0.2, -0.15) is 0 Å². The highest BCUT2D eigenvalue weighted by Crippen LogP contribution is 2.51. The van der Waals surface area contributed by atoms with Gasteiger partial charge in [-0.1, -0.05) is 217 Å². The normalized spacial score (nSPS) is 12.8. The van der Waals surface area contributed by atoms with E-state index in [1.54, 1.807) is 0 Å². The third-order valence-electron chi connectivity index (χ3n) is 13.3. The van der Waals surface area contributed by atoms with Gasteiger partial charge in [0.15, 0.2) is 0 Å². The number of hydrogen-bond donors (Lipinski definition) is 0. The molecule has 0 amide bonds. The van der Waals surface area contributed by atoms with Gasteiger partial charge < -0.3 is 0 Å².